The van der Waals surface area contributed by atoms with Crippen molar-refractivity contribution in [2.24, 2.45) is 11.0 Å². The molecule has 2 N–H and O–H groups in total. The second kappa shape index (κ2) is 6.98. The highest BCUT2D eigenvalue weighted by Gasteiger charge is 2.26. The Morgan fingerprint density at radius 1 is 1.14 bits per heavy atom. The molecule has 28 heavy (non-hydrogen) atoms. The molecule has 3 aromatic rings. The van der Waals surface area contributed by atoms with Gasteiger partial charge in [0.2, 0.25) is 0 Å². The van der Waals surface area contributed by atoms with Crippen LogP contribution >= 0.6 is 0 Å². The minimum absolute atomic E-state index is 0.202. The summed E-state index contributed by atoms with van der Waals surface area (Å²) >= 11 is 0. The number of nitrogens with zero attached hydrogens (tertiary/aromatic N) is 1. The number of hydrogen-bond acceptors (Lipinski definition) is 4. The third kappa shape index (κ3) is 3.38. The highest BCUT2D eigenvalue weighted by molar-refractivity contribution is 7.89. The zero-order valence-electron chi connectivity index (χ0n) is 16.1. The van der Waals surface area contributed by atoms with Crippen LogP contribution in [0.2, 0.25) is 0 Å². The predicted octanol–water partition coefficient (Wildman–Crippen LogP) is 3.75. The molecule has 1 unspecified atom stereocenters. The highest BCUT2D eigenvalue weighted by atomic mass is 32.2. The van der Waals surface area contributed by atoms with Crippen molar-refractivity contribution in [2.45, 2.75) is 31.6 Å². The number of aromatic nitrogens is 1. The first kappa shape index (κ1) is 18.6. The maximum atomic E-state index is 12.6. The Morgan fingerprint density at radius 3 is 2.61 bits per heavy atom. The number of rotatable bonds is 4. The fourth-order valence-corrected chi connectivity index (χ4v) is 4.48. The van der Waals surface area contributed by atoms with Crippen LogP contribution < -0.4 is 9.57 Å². The number of ether oxygens (including phenoxy) is 1. The van der Waals surface area contributed by atoms with Gasteiger partial charge in [0.1, 0.15) is 5.75 Å². The van der Waals surface area contributed by atoms with Crippen molar-refractivity contribution in [3.8, 4) is 5.75 Å². The van der Waals surface area contributed by atoms with Crippen molar-refractivity contribution >= 4 is 26.6 Å². The summed E-state index contributed by atoms with van der Waals surface area (Å²) < 4.78 is 30.5. The summed E-state index contributed by atoms with van der Waals surface area (Å²) in [5.41, 5.74) is 4.77. The lowest BCUT2D eigenvalue weighted by atomic mass is 9.86. The average molecular weight is 398 g/mol. The third-order valence-corrected chi connectivity index (χ3v) is 6.35. The Morgan fingerprint density at radius 2 is 1.89 bits per heavy atom. The maximum Gasteiger partial charge on any atom is 0.276 e. The summed E-state index contributed by atoms with van der Waals surface area (Å²) in [7, 11) is -2.06. The molecule has 6 nitrogen and oxygen atoms in total. The van der Waals surface area contributed by atoms with Crippen molar-refractivity contribution < 1.29 is 13.2 Å². The number of fused-ring (bicyclic) bond motifs is 3. The standard InChI is InChI=1S/C21H23N3O3S/c1-13-4-7-16(8-5-13)28(25,26)24-23-20-11-14(2)10-18-17-12-15(27-3)6-9-19(17)22-21(18)20/h4-9,12,14,22,24H,10-11H2,1-3H3/b23-20-. The average Bonchev–Trinajstić information content (AvgIpc) is 3.04. The van der Waals surface area contributed by atoms with E-state index in [2.05, 4.69) is 21.8 Å². The predicted molar refractivity (Wildman–Crippen MR) is 110 cm³/mol. The van der Waals surface area contributed by atoms with E-state index in [0.29, 0.717) is 12.3 Å². The van der Waals surface area contributed by atoms with Gasteiger partial charge in [0.25, 0.3) is 10.0 Å². The van der Waals surface area contributed by atoms with E-state index in [1.54, 1.807) is 31.4 Å². The number of aromatic amines is 1. The number of aryl methyl sites for hydroxylation is 1. The first-order chi connectivity index (χ1) is 13.4. The molecule has 4 rings (SSSR count). The summed E-state index contributed by atoms with van der Waals surface area (Å²) in [6, 6.07) is 12.6. The smallest absolute Gasteiger partial charge is 0.276 e. The van der Waals surface area contributed by atoms with Crippen molar-refractivity contribution in [3.63, 3.8) is 0 Å². The van der Waals surface area contributed by atoms with Crippen molar-refractivity contribution in [3.05, 3.63) is 59.3 Å². The molecule has 1 heterocycles. The van der Waals surface area contributed by atoms with E-state index < -0.39 is 10.0 Å². The van der Waals surface area contributed by atoms with Crippen molar-refractivity contribution in [1.82, 2.24) is 9.82 Å². The van der Waals surface area contributed by atoms with Crippen LogP contribution in [0.5, 0.6) is 5.75 Å². The SMILES string of the molecule is COc1ccc2[nH]c3c(c2c1)CC(C)C/C3=N/NS(=O)(=O)c1ccc(C)cc1. The van der Waals surface area contributed by atoms with Gasteiger partial charge in [0.15, 0.2) is 0 Å². The van der Waals surface area contributed by atoms with Crippen LogP contribution in [0.25, 0.3) is 10.9 Å². The molecule has 1 aliphatic carbocycles. The molecule has 0 aliphatic heterocycles. The van der Waals surface area contributed by atoms with Gasteiger partial charge in [-0.15, -0.1) is 0 Å². The molecule has 1 aromatic heterocycles. The van der Waals surface area contributed by atoms with E-state index in [-0.39, 0.29) is 4.90 Å². The summed E-state index contributed by atoms with van der Waals surface area (Å²) in [5.74, 6) is 1.16. The Balaban J connectivity index is 1.72. The molecule has 0 fully saturated rings. The molecule has 1 aliphatic rings. The fourth-order valence-electron chi connectivity index (χ4n) is 3.65. The van der Waals surface area contributed by atoms with E-state index in [0.717, 1.165) is 45.6 Å². The summed E-state index contributed by atoms with van der Waals surface area (Å²) in [6.45, 7) is 4.06. The second-order valence-electron chi connectivity index (χ2n) is 7.37. The zero-order chi connectivity index (χ0) is 19.9. The number of benzene rings is 2. The maximum absolute atomic E-state index is 12.6. The second-order valence-corrected chi connectivity index (χ2v) is 9.03. The topological polar surface area (TPSA) is 83.5 Å². The minimum Gasteiger partial charge on any atom is -0.497 e. The van der Waals surface area contributed by atoms with Gasteiger partial charge in [0, 0.05) is 10.9 Å². The van der Waals surface area contributed by atoms with Gasteiger partial charge in [-0.05, 0) is 61.6 Å². The number of methoxy groups -OCH3 is 1. The molecule has 7 heteroatoms. The lowest BCUT2D eigenvalue weighted by Gasteiger charge is -2.20. The van der Waals surface area contributed by atoms with E-state index >= 15 is 0 Å². The normalized spacial score (nSPS) is 18.2. The zero-order valence-corrected chi connectivity index (χ0v) is 16.9. The van der Waals surface area contributed by atoms with Gasteiger partial charge < -0.3 is 9.72 Å². The van der Waals surface area contributed by atoms with Gasteiger partial charge in [-0.2, -0.15) is 18.4 Å². The quantitative estimate of drug-likeness (QED) is 0.658. The van der Waals surface area contributed by atoms with Crippen LogP contribution in [-0.2, 0) is 16.4 Å². The number of nitrogens with one attached hydrogen (secondary N) is 2. The van der Waals surface area contributed by atoms with Crippen molar-refractivity contribution in [2.75, 3.05) is 7.11 Å². The number of hydrazone groups is 1. The Kier molecular flexibility index (Phi) is 4.63. The molecule has 2 aromatic carbocycles. The lowest BCUT2D eigenvalue weighted by Crippen LogP contribution is -2.24. The van der Waals surface area contributed by atoms with E-state index in [1.807, 2.05) is 25.1 Å². The van der Waals surface area contributed by atoms with E-state index in [4.69, 9.17) is 4.74 Å². The van der Waals surface area contributed by atoms with Crippen LogP contribution in [0.4, 0.5) is 0 Å². The third-order valence-electron chi connectivity index (χ3n) is 5.13. The molecule has 0 radical (unpaired) electrons. The lowest BCUT2D eigenvalue weighted by molar-refractivity contribution is 0.415. The van der Waals surface area contributed by atoms with E-state index in [1.165, 1.54) is 0 Å². The first-order valence-corrected chi connectivity index (χ1v) is 10.7. The number of hydrogen-bond donors (Lipinski definition) is 2. The Hall–Kier alpha value is -2.80. The van der Waals surface area contributed by atoms with Crippen LogP contribution in [0, 0.1) is 12.8 Å². The van der Waals surface area contributed by atoms with Crippen LogP contribution in [0.3, 0.4) is 0 Å². The first-order valence-electron chi connectivity index (χ1n) is 9.21. The van der Waals surface area contributed by atoms with Gasteiger partial charge in [-0.1, -0.05) is 24.6 Å². The molecule has 0 bridgehead atoms. The molecule has 146 valence electrons. The molecule has 0 spiro atoms. The molecule has 0 saturated carbocycles. The molecular formula is C21H23N3O3S. The minimum atomic E-state index is -3.71. The Bertz CT molecular complexity index is 1160. The fraction of sp³-hybridized carbons (Fsp3) is 0.286. The van der Waals surface area contributed by atoms with Gasteiger partial charge in [-0.25, -0.2) is 0 Å². The molecule has 0 saturated heterocycles. The summed E-state index contributed by atoms with van der Waals surface area (Å²) in [6.07, 6.45) is 1.61. The van der Waals surface area contributed by atoms with Gasteiger partial charge in [-0.3, -0.25) is 0 Å². The molecule has 1 atom stereocenters. The number of sulfonamides is 1. The Labute approximate surface area is 164 Å². The largest absolute Gasteiger partial charge is 0.497 e. The van der Waals surface area contributed by atoms with Gasteiger partial charge in [0.05, 0.1) is 23.4 Å². The van der Waals surface area contributed by atoms with E-state index in [9.17, 15) is 8.42 Å². The van der Waals surface area contributed by atoms with Gasteiger partial charge >= 0.3 is 0 Å². The number of H-pyrrole nitrogens is 1. The van der Waals surface area contributed by atoms with Crippen LogP contribution in [0.15, 0.2) is 52.5 Å². The van der Waals surface area contributed by atoms with Crippen molar-refractivity contribution in [1.29, 1.82) is 0 Å². The molecule has 0 amide bonds. The summed E-state index contributed by atoms with van der Waals surface area (Å²) in [5, 5.41) is 5.39. The summed E-state index contributed by atoms with van der Waals surface area (Å²) in [4.78, 5) is 6.01. The monoisotopic (exact) mass is 397 g/mol. The highest BCUT2D eigenvalue weighted by Crippen LogP contribution is 2.33. The van der Waals surface area contributed by atoms with Crippen LogP contribution in [0.1, 0.15) is 30.2 Å². The molecular weight excluding hydrogens is 374 g/mol. The van der Waals surface area contributed by atoms with Crippen LogP contribution in [-0.4, -0.2) is 26.2 Å².